The maximum atomic E-state index is 12.0. The number of rotatable bonds is 1. The summed E-state index contributed by atoms with van der Waals surface area (Å²) in [6, 6.07) is 2.01. The molecule has 1 aromatic heterocycles. The molecule has 68 valence electrons. The number of alkyl halides is 3. The number of aromatic nitrogens is 1. The molecule has 0 fully saturated rings. The van der Waals surface area contributed by atoms with Crippen LogP contribution in [0.2, 0.25) is 0 Å². The van der Waals surface area contributed by atoms with Gasteiger partial charge in [0.05, 0.1) is 17.0 Å². The molecule has 1 heterocycles. The van der Waals surface area contributed by atoms with Gasteiger partial charge in [-0.2, -0.15) is 18.2 Å². The summed E-state index contributed by atoms with van der Waals surface area (Å²) < 4.78 is 35.9. The molecular formula is C7H3F3N2S. The average Bonchev–Trinajstić information content (AvgIpc) is 2.04. The predicted molar refractivity (Wildman–Crippen MR) is 43.9 cm³/mol. The van der Waals surface area contributed by atoms with Crippen LogP contribution in [-0.2, 0) is 6.18 Å². The number of aliphatic imine (C=N–C) groups is 1. The summed E-state index contributed by atoms with van der Waals surface area (Å²) in [5, 5.41) is 2.03. The van der Waals surface area contributed by atoms with Crippen molar-refractivity contribution in [1.82, 2.24) is 4.98 Å². The molecule has 0 spiro atoms. The smallest absolute Gasteiger partial charge is 0.249 e. The van der Waals surface area contributed by atoms with Crippen LogP contribution in [0.4, 0.5) is 18.9 Å². The first-order valence-corrected chi connectivity index (χ1v) is 3.56. The Kier molecular flexibility index (Phi) is 2.75. The van der Waals surface area contributed by atoms with Crippen molar-refractivity contribution in [3.05, 3.63) is 24.0 Å². The fraction of sp³-hybridized carbons (Fsp3) is 0.143. The number of hydrogen-bond donors (Lipinski definition) is 0. The monoisotopic (exact) mass is 204 g/mol. The van der Waals surface area contributed by atoms with Crippen molar-refractivity contribution in [3.63, 3.8) is 0 Å². The lowest BCUT2D eigenvalue weighted by Gasteiger charge is -2.03. The Morgan fingerprint density at radius 3 is 2.46 bits per heavy atom. The summed E-state index contributed by atoms with van der Waals surface area (Å²) in [6.07, 6.45) is -3.43. The molecule has 0 saturated carbocycles. The first-order chi connectivity index (χ1) is 6.04. The minimum absolute atomic E-state index is 0.253. The second-order valence-electron chi connectivity index (χ2n) is 2.10. The van der Waals surface area contributed by atoms with Crippen LogP contribution in [0.1, 0.15) is 5.69 Å². The van der Waals surface area contributed by atoms with E-state index in [1.165, 1.54) is 6.07 Å². The largest absolute Gasteiger partial charge is 0.433 e. The van der Waals surface area contributed by atoms with E-state index < -0.39 is 11.9 Å². The molecule has 2 nitrogen and oxygen atoms in total. The first kappa shape index (κ1) is 9.83. The zero-order valence-electron chi connectivity index (χ0n) is 6.17. The maximum absolute atomic E-state index is 12.0. The van der Waals surface area contributed by atoms with Gasteiger partial charge in [-0.25, -0.2) is 4.98 Å². The fourth-order valence-electron chi connectivity index (χ4n) is 0.673. The number of isothiocyanates is 1. The maximum Gasteiger partial charge on any atom is 0.433 e. The molecule has 0 bridgehead atoms. The highest BCUT2D eigenvalue weighted by atomic mass is 32.1. The van der Waals surface area contributed by atoms with E-state index >= 15 is 0 Å². The summed E-state index contributed by atoms with van der Waals surface area (Å²) in [5.74, 6) is 0. The van der Waals surface area contributed by atoms with E-state index in [9.17, 15) is 13.2 Å². The molecule has 0 aliphatic heterocycles. The molecule has 1 rings (SSSR count). The highest BCUT2D eigenvalue weighted by Crippen LogP contribution is 2.27. The molecular weight excluding hydrogens is 201 g/mol. The van der Waals surface area contributed by atoms with Gasteiger partial charge in [-0.05, 0) is 24.4 Å². The lowest BCUT2D eigenvalue weighted by Crippen LogP contribution is -2.06. The van der Waals surface area contributed by atoms with Crippen molar-refractivity contribution < 1.29 is 13.2 Å². The van der Waals surface area contributed by atoms with Gasteiger partial charge < -0.3 is 0 Å². The van der Waals surface area contributed by atoms with Gasteiger partial charge in [-0.15, -0.1) is 0 Å². The summed E-state index contributed by atoms with van der Waals surface area (Å²) in [4.78, 5) is 6.63. The molecule has 0 amide bonds. The number of hydrogen-bond acceptors (Lipinski definition) is 3. The van der Waals surface area contributed by atoms with Crippen LogP contribution in [0.25, 0.3) is 0 Å². The van der Waals surface area contributed by atoms with Gasteiger partial charge in [-0.1, -0.05) is 0 Å². The molecule has 6 heteroatoms. The van der Waals surface area contributed by atoms with Crippen molar-refractivity contribution in [1.29, 1.82) is 0 Å². The average molecular weight is 204 g/mol. The second-order valence-corrected chi connectivity index (χ2v) is 2.29. The zero-order chi connectivity index (χ0) is 9.90. The molecule has 0 unspecified atom stereocenters. The van der Waals surface area contributed by atoms with Gasteiger partial charge in [0.25, 0.3) is 0 Å². The van der Waals surface area contributed by atoms with Crippen LogP contribution in [0, 0.1) is 0 Å². The van der Waals surface area contributed by atoms with Crippen molar-refractivity contribution >= 4 is 23.1 Å². The highest BCUT2D eigenvalue weighted by molar-refractivity contribution is 7.78. The van der Waals surface area contributed by atoms with Gasteiger partial charge in [0.2, 0.25) is 0 Å². The van der Waals surface area contributed by atoms with Crippen LogP contribution in [0.3, 0.4) is 0 Å². The Labute approximate surface area is 77.1 Å². The van der Waals surface area contributed by atoms with Gasteiger partial charge in [0.15, 0.2) is 0 Å². The van der Waals surface area contributed by atoms with Crippen molar-refractivity contribution in [2.75, 3.05) is 0 Å². The minimum atomic E-state index is -4.42. The number of halogens is 3. The summed E-state index contributed by atoms with van der Waals surface area (Å²) in [7, 11) is 0. The van der Waals surface area contributed by atoms with Crippen LogP contribution in [0.5, 0.6) is 0 Å². The van der Waals surface area contributed by atoms with Gasteiger partial charge in [0, 0.05) is 0 Å². The summed E-state index contributed by atoms with van der Waals surface area (Å²) in [6.45, 7) is 0. The van der Waals surface area contributed by atoms with Crippen LogP contribution >= 0.6 is 12.2 Å². The molecule has 0 aliphatic carbocycles. The van der Waals surface area contributed by atoms with E-state index in [0.29, 0.717) is 0 Å². The third kappa shape index (κ3) is 2.61. The Balaban J connectivity index is 3.00. The van der Waals surface area contributed by atoms with Crippen molar-refractivity contribution in [2.24, 2.45) is 4.99 Å². The summed E-state index contributed by atoms with van der Waals surface area (Å²) >= 11 is 4.27. The molecule has 0 aliphatic rings. The van der Waals surface area contributed by atoms with Crippen LogP contribution in [0.15, 0.2) is 23.3 Å². The van der Waals surface area contributed by atoms with E-state index in [-0.39, 0.29) is 5.69 Å². The second kappa shape index (κ2) is 3.64. The molecule has 0 N–H and O–H groups in total. The third-order valence-electron chi connectivity index (χ3n) is 1.21. The van der Waals surface area contributed by atoms with Crippen LogP contribution in [-0.4, -0.2) is 10.1 Å². The Bertz CT molecular complexity index is 338. The van der Waals surface area contributed by atoms with Gasteiger partial charge >= 0.3 is 6.18 Å². The van der Waals surface area contributed by atoms with E-state index in [1.54, 1.807) is 0 Å². The quantitative estimate of drug-likeness (QED) is 0.519. The Morgan fingerprint density at radius 2 is 2.08 bits per heavy atom. The lowest BCUT2D eigenvalue weighted by atomic mass is 10.3. The SMILES string of the molecule is FC(F)(F)c1ccc(N=C=S)cn1. The third-order valence-corrected chi connectivity index (χ3v) is 1.30. The summed E-state index contributed by atoms with van der Waals surface area (Å²) in [5.41, 5.74) is -0.696. The zero-order valence-corrected chi connectivity index (χ0v) is 6.99. The Morgan fingerprint density at radius 1 is 1.38 bits per heavy atom. The molecule has 0 aromatic carbocycles. The number of pyridine rings is 1. The van der Waals surface area contributed by atoms with E-state index in [2.05, 4.69) is 22.2 Å². The predicted octanol–water partition coefficient (Wildman–Crippen LogP) is 2.83. The van der Waals surface area contributed by atoms with E-state index in [4.69, 9.17) is 0 Å². The molecule has 13 heavy (non-hydrogen) atoms. The van der Waals surface area contributed by atoms with Crippen LogP contribution < -0.4 is 0 Å². The fourth-order valence-corrected chi connectivity index (χ4v) is 0.778. The van der Waals surface area contributed by atoms with E-state index in [1.807, 2.05) is 5.16 Å². The van der Waals surface area contributed by atoms with Gasteiger partial charge in [0.1, 0.15) is 5.69 Å². The molecule has 0 radical (unpaired) electrons. The number of nitrogens with zero attached hydrogens (tertiary/aromatic N) is 2. The van der Waals surface area contributed by atoms with E-state index in [0.717, 1.165) is 12.3 Å². The lowest BCUT2D eigenvalue weighted by molar-refractivity contribution is -0.141. The number of thiocarbonyl (C=S) groups is 1. The van der Waals surface area contributed by atoms with Crippen molar-refractivity contribution in [2.45, 2.75) is 6.18 Å². The normalized spacial score (nSPS) is 10.7. The molecule has 0 saturated heterocycles. The topological polar surface area (TPSA) is 25.2 Å². The first-order valence-electron chi connectivity index (χ1n) is 3.15. The van der Waals surface area contributed by atoms with Crippen molar-refractivity contribution in [3.8, 4) is 0 Å². The molecule has 1 aromatic rings. The van der Waals surface area contributed by atoms with Gasteiger partial charge in [-0.3, -0.25) is 0 Å². The highest BCUT2D eigenvalue weighted by Gasteiger charge is 2.31. The molecule has 0 atom stereocenters. The standard InChI is InChI=1S/C7H3F3N2S/c8-7(9,10)6-2-1-5(3-11-6)12-4-13/h1-3H. The minimum Gasteiger partial charge on any atom is -0.249 e. The Hall–Kier alpha value is -1.26.